The van der Waals surface area contributed by atoms with Crippen LogP contribution in [0.5, 0.6) is 5.75 Å². The molecule has 0 fully saturated rings. The molecule has 0 aliphatic carbocycles. The smallest absolute Gasteiger partial charge is 0.130 e. The monoisotopic (exact) mass is 325 g/mol. The van der Waals surface area contributed by atoms with E-state index in [1.165, 1.54) is 10.9 Å². The Morgan fingerprint density at radius 3 is 2.32 bits per heavy atom. The van der Waals surface area contributed by atoms with Crippen LogP contribution >= 0.6 is 0 Å². The average Bonchev–Trinajstić information content (AvgIpc) is 2.67. The van der Waals surface area contributed by atoms with Crippen LogP contribution in [0.25, 0.3) is 22.0 Å². The third-order valence-corrected chi connectivity index (χ3v) is 4.25. The molecule has 0 aliphatic rings. The Kier molecular flexibility index (Phi) is 4.17. The first-order valence-electron chi connectivity index (χ1n) is 8.43. The van der Waals surface area contributed by atoms with Gasteiger partial charge in [0.1, 0.15) is 12.4 Å². The molecule has 1 heterocycles. The highest BCUT2D eigenvalue weighted by atomic mass is 16.5. The number of aryl methyl sites for hydroxylation is 1. The summed E-state index contributed by atoms with van der Waals surface area (Å²) in [5, 5.41) is 2.34. The molecule has 0 saturated carbocycles. The summed E-state index contributed by atoms with van der Waals surface area (Å²) < 4.78 is 5.89. The minimum absolute atomic E-state index is 0.452. The minimum Gasteiger partial charge on any atom is -0.487 e. The summed E-state index contributed by atoms with van der Waals surface area (Å²) in [5.74, 6) is 0.856. The van der Waals surface area contributed by atoms with E-state index in [4.69, 9.17) is 9.72 Å². The van der Waals surface area contributed by atoms with Crippen LogP contribution in [0.1, 0.15) is 11.3 Å². The van der Waals surface area contributed by atoms with Crippen molar-refractivity contribution >= 4 is 10.8 Å². The van der Waals surface area contributed by atoms with E-state index in [2.05, 4.69) is 61.5 Å². The van der Waals surface area contributed by atoms with Crippen molar-refractivity contribution in [2.45, 2.75) is 13.5 Å². The van der Waals surface area contributed by atoms with Gasteiger partial charge in [0.2, 0.25) is 0 Å². The van der Waals surface area contributed by atoms with Crippen LogP contribution in [0.2, 0.25) is 0 Å². The van der Waals surface area contributed by atoms with Crippen LogP contribution in [0.4, 0.5) is 0 Å². The summed E-state index contributed by atoms with van der Waals surface area (Å²) in [7, 11) is 0. The maximum absolute atomic E-state index is 5.89. The first kappa shape index (κ1) is 15.4. The van der Waals surface area contributed by atoms with Crippen molar-refractivity contribution in [1.82, 2.24) is 4.98 Å². The average molecular weight is 325 g/mol. The van der Waals surface area contributed by atoms with Crippen LogP contribution in [0, 0.1) is 6.92 Å². The van der Waals surface area contributed by atoms with Crippen LogP contribution in [-0.4, -0.2) is 4.98 Å². The van der Waals surface area contributed by atoms with E-state index >= 15 is 0 Å². The van der Waals surface area contributed by atoms with Crippen LogP contribution in [0.3, 0.4) is 0 Å². The first-order chi connectivity index (χ1) is 12.3. The zero-order valence-corrected chi connectivity index (χ0v) is 14.1. The standard InChI is InChI=1S/C23H19NO/c1-17-11-13-18(14-12-17)23-22-10-6-5-7-19(22)15-20(24-23)16-25-21-8-3-2-4-9-21/h2-15H,16H2,1H3. The number of hydrogen-bond donors (Lipinski definition) is 0. The van der Waals surface area contributed by atoms with Crippen LogP contribution in [0.15, 0.2) is 84.9 Å². The summed E-state index contributed by atoms with van der Waals surface area (Å²) in [4.78, 5) is 4.89. The van der Waals surface area contributed by atoms with Gasteiger partial charge in [-0.3, -0.25) is 0 Å². The topological polar surface area (TPSA) is 22.1 Å². The Bertz CT molecular complexity index is 991. The molecule has 0 spiro atoms. The molecule has 0 aliphatic heterocycles. The molecule has 0 unspecified atom stereocenters. The second-order valence-electron chi connectivity index (χ2n) is 6.15. The summed E-state index contributed by atoms with van der Waals surface area (Å²) in [6, 6.07) is 28.8. The van der Waals surface area contributed by atoms with E-state index in [1.807, 2.05) is 30.3 Å². The van der Waals surface area contributed by atoms with Gasteiger partial charge in [-0.25, -0.2) is 4.98 Å². The summed E-state index contributed by atoms with van der Waals surface area (Å²) >= 11 is 0. The Morgan fingerprint density at radius 2 is 1.52 bits per heavy atom. The number of aromatic nitrogens is 1. The van der Waals surface area contributed by atoms with Crippen molar-refractivity contribution in [2.75, 3.05) is 0 Å². The normalized spacial score (nSPS) is 10.8. The first-order valence-corrected chi connectivity index (χ1v) is 8.43. The third kappa shape index (κ3) is 3.38. The fraction of sp³-hybridized carbons (Fsp3) is 0.0870. The van der Waals surface area contributed by atoms with E-state index in [-0.39, 0.29) is 0 Å². The largest absolute Gasteiger partial charge is 0.487 e. The SMILES string of the molecule is Cc1ccc(-c2nc(COc3ccccc3)cc3ccccc23)cc1. The number of hydrogen-bond acceptors (Lipinski definition) is 2. The highest BCUT2D eigenvalue weighted by Crippen LogP contribution is 2.28. The van der Waals surface area contributed by atoms with E-state index in [0.717, 1.165) is 28.1 Å². The number of rotatable bonds is 4. The lowest BCUT2D eigenvalue weighted by molar-refractivity contribution is 0.301. The molecule has 2 nitrogen and oxygen atoms in total. The molecule has 4 aromatic rings. The molecule has 2 heteroatoms. The molecule has 0 N–H and O–H groups in total. The summed E-state index contributed by atoms with van der Waals surface area (Å²) in [6.45, 7) is 2.55. The molecule has 0 atom stereocenters. The van der Waals surface area contributed by atoms with Crippen molar-refractivity contribution < 1.29 is 4.74 Å². The van der Waals surface area contributed by atoms with Crippen LogP contribution < -0.4 is 4.74 Å². The predicted molar refractivity (Wildman–Crippen MR) is 103 cm³/mol. The number of para-hydroxylation sites is 1. The van der Waals surface area contributed by atoms with Gasteiger partial charge in [-0.15, -0.1) is 0 Å². The molecule has 4 rings (SSSR count). The molecule has 0 radical (unpaired) electrons. The number of fused-ring (bicyclic) bond motifs is 1. The van der Waals surface area contributed by atoms with Gasteiger partial charge >= 0.3 is 0 Å². The molecule has 0 saturated heterocycles. The Morgan fingerprint density at radius 1 is 0.800 bits per heavy atom. The third-order valence-electron chi connectivity index (χ3n) is 4.25. The lowest BCUT2D eigenvalue weighted by Gasteiger charge is -2.11. The molecular formula is C23H19NO. The lowest BCUT2D eigenvalue weighted by atomic mass is 10.0. The maximum atomic E-state index is 5.89. The van der Waals surface area contributed by atoms with Crippen molar-refractivity contribution in [2.24, 2.45) is 0 Å². The quantitative estimate of drug-likeness (QED) is 0.474. The second-order valence-corrected chi connectivity index (χ2v) is 6.15. The van der Waals surface area contributed by atoms with Gasteiger partial charge in [0.05, 0.1) is 11.4 Å². The second kappa shape index (κ2) is 6.78. The van der Waals surface area contributed by atoms with Gasteiger partial charge in [-0.1, -0.05) is 72.3 Å². The Labute approximate surface area is 147 Å². The van der Waals surface area contributed by atoms with E-state index in [9.17, 15) is 0 Å². The number of ether oxygens (including phenoxy) is 1. The summed E-state index contributed by atoms with van der Waals surface area (Å²) in [6.07, 6.45) is 0. The molecule has 1 aromatic heterocycles. The fourth-order valence-electron chi connectivity index (χ4n) is 2.93. The van der Waals surface area contributed by atoms with Gasteiger partial charge in [-0.2, -0.15) is 0 Å². The predicted octanol–water partition coefficient (Wildman–Crippen LogP) is 5.79. The zero-order valence-electron chi connectivity index (χ0n) is 14.1. The minimum atomic E-state index is 0.452. The Balaban J connectivity index is 1.74. The van der Waals surface area contributed by atoms with Gasteiger partial charge in [0.15, 0.2) is 0 Å². The highest BCUT2D eigenvalue weighted by Gasteiger charge is 2.09. The zero-order chi connectivity index (χ0) is 17.1. The molecular weight excluding hydrogens is 306 g/mol. The lowest BCUT2D eigenvalue weighted by Crippen LogP contribution is -2.00. The maximum Gasteiger partial charge on any atom is 0.130 e. The summed E-state index contributed by atoms with van der Waals surface area (Å²) in [5.41, 5.74) is 4.31. The van der Waals surface area contributed by atoms with E-state index in [1.54, 1.807) is 0 Å². The van der Waals surface area contributed by atoms with Crippen molar-refractivity contribution in [3.63, 3.8) is 0 Å². The van der Waals surface area contributed by atoms with Crippen molar-refractivity contribution in [3.8, 4) is 17.0 Å². The van der Waals surface area contributed by atoms with Crippen molar-refractivity contribution in [3.05, 3.63) is 96.2 Å². The van der Waals surface area contributed by atoms with Crippen molar-refractivity contribution in [1.29, 1.82) is 0 Å². The number of benzene rings is 3. The van der Waals surface area contributed by atoms with E-state index in [0.29, 0.717) is 6.61 Å². The van der Waals surface area contributed by atoms with E-state index < -0.39 is 0 Å². The number of nitrogens with zero attached hydrogens (tertiary/aromatic N) is 1. The number of pyridine rings is 1. The van der Waals surface area contributed by atoms with Gasteiger partial charge in [0, 0.05) is 10.9 Å². The van der Waals surface area contributed by atoms with Gasteiger partial charge < -0.3 is 4.74 Å². The molecule has 0 amide bonds. The van der Waals surface area contributed by atoms with Gasteiger partial charge in [0.25, 0.3) is 0 Å². The molecule has 25 heavy (non-hydrogen) atoms. The fourth-order valence-corrected chi connectivity index (χ4v) is 2.93. The van der Waals surface area contributed by atoms with Crippen LogP contribution in [-0.2, 0) is 6.61 Å². The molecule has 122 valence electrons. The molecule has 0 bridgehead atoms. The molecule has 3 aromatic carbocycles. The highest BCUT2D eigenvalue weighted by molar-refractivity contribution is 5.94. The Hall–Kier alpha value is -3.13. The van der Waals surface area contributed by atoms with Gasteiger partial charge in [-0.05, 0) is 30.5 Å².